The lowest BCUT2D eigenvalue weighted by Gasteiger charge is -2.36. The van der Waals surface area contributed by atoms with Gasteiger partial charge in [0, 0.05) is 6.04 Å². The van der Waals surface area contributed by atoms with Gasteiger partial charge in [0.15, 0.2) is 0 Å². The first-order valence-electron chi connectivity index (χ1n) is 6.99. The normalized spacial score (nSPS) is 21.5. The summed E-state index contributed by atoms with van der Waals surface area (Å²) in [5.41, 5.74) is 0.918. The van der Waals surface area contributed by atoms with E-state index in [1.807, 2.05) is 0 Å². The highest BCUT2D eigenvalue weighted by molar-refractivity contribution is 5.63. The molecule has 20 heavy (non-hydrogen) atoms. The molecule has 1 saturated carbocycles. The van der Waals surface area contributed by atoms with E-state index in [-0.39, 0.29) is 17.1 Å². The number of benzene rings is 1. The van der Waals surface area contributed by atoms with Crippen LogP contribution in [0.2, 0.25) is 0 Å². The molecular formula is C15H21FN2O2. The maximum Gasteiger partial charge on any atom is 0.295 e. The number of nitro groups is 1. The Balaban J connectivity index is 2.24. The van der Waals surface area contributed by atoms with Gasteiger partial charge in [-0.1, -0.05) is 20.3 Å². The molecule has 1 atom stereocenters. The number of hydrogen-bond acceptors (Lipinski definition) is 3. The zero-order valence-corrected chi connectivity index (χ0v) is 12.2. The summed E-state index contributed by atoms with van der Waals surface area (Å²) in [6, 6.07) is 2.75. The van der Waals surface area contributed by atoms with Crippen molar-refractivity contribution in [2.45, 2.75) is 52.5 Å². The van der Waals surface area contributed by atoms with Crippen LogP contribution in [0, 0.1) is 28.3 Å². The molecule has 0 aromatic heterocycles. The lowest BCUT2D eigenvalue weighted by molar-refractivity contribution is -0.384. The quantitative estimate of drug-likeness (QED) is 0.658. The molecule has 1 aliphatic rings. The third kappa shape index (κ3) is 3.26. The fraction of sp³-hybridized carbons (Fsp3) is 0.600. The molecule has 1 N–H and O–H groups in total. The molecule has 5 heteroatoms. The second-order valence-electron chi connectivity index (χ2n) is 6.48. The third-order valence-electron chi connectivity index (χ3n) is 4.04. The van der Waals surface area contributed by atoms with Gasteiger partial charge in [-0.2, -0.15) is 0 Å². The van der Waals surface area contributed by atoms with E-state index in [2.05, 4.69) is 19.2 Å². The number of nitrogens with zero attached hydrogens (tertiary/aromatic N) is 1. The minimum absolute atomic E-state index is 0.184. The van der Waals surface area contributed by atoms with Gasteiger partial charge in [0.05, 0.1) is 11.0 Å². The summed E-state index contributed by atoms with van der Waals surface area (Å²) < 4.78 is 13.5. The highest BCUT2D eigenvalue weighted by Crippen LogP contribution is 2.38. The monoisotopic (exact) mass is 280 g/mol. The molecule has 1 aromatic carbocycles. The van der Waals surface area contributed by atoms with Crippen molar-refractivity contribution in [3.63, 3.8) is 0 Å². The number of aryl methyl sites for hydroxylation is 1. The van der Waals surface area contributed by atoms with E-state index in [9.17, 15) is 14.5 Å². The molecule has 0 spiro atoms. The molecule has 2 rings (SSSR count). The van der Waals surface area contributed by atoms with Gasteiger partial charge in [0.25, 0.3) is 5.69 Å². The zero-order valence-electron chi connectivity index (χ0n) is 12.2. The second-order valence-corrected chi connectivity index (χ2v) is 6.48. The molecule has 110 valence electrons. The zero-order chi connectivity index (χ0) is 14.9. The highest BCUT2D eigenvalue weighted by Gasteiger charge is 2.29. The van der Waals surface area contributed by atoms with Gasteiger partial charge < -0.3 is 5.32 Å². The summed E-state index contributed by atoms with van der Waals surface area (Å²) in [4.78, 5) is 10.5. The molecule has 1 fully saturated rings. The van der Waals surface area contributed by atoms with E-state index in [0.29, 0.717) is 11.3 Å². The van der Waals surface area contributed by atoms with Gasteiger partial charge in [-0.15, -0.1) is 0 Å². The van der Waals surface area contributed by atoms with E-state index < -0.39 is 10.7 Å². The molecule has 0 heterocycles. The number of anilines is 1. The average Bonchev–Trinajstić information content (AvgIpc) is 2.32. The van der Waals surface area contributed by atoms with Gasteiger partial charge in [-0.25, -0.2) is 4.39 Å². The van der Waals surface area contributed by atoms with Crippen LogP contribution in [0.15, 0.2) is 12.1 Å². The minimum atomic E-state index is -0.536. The molecule has 1 aromatic rings. The summed E-state index contributed by atoms with van der Waals surface area (Å²) in [7, 11) is 0. The summed E-state index contributed by atoms with van der Waals surface area (Å²) in [6.45, 7) is 6.05. The smallest absolute Gasteiger partial charge is 0.295 e. The summed E-state index contributed by atoms with van der Waals surface area (Å²) in [5, 5.41) is 14.3. The van der Waals surface area contributed by atoms with Crippen LogP contribution in [0.5, 0.6) is 0 Å². The topological polar surface area (TPSA) is 55.2 Å². The summed E-state index contributed by atoms with van der Waals surface area (Å²) in [6.07, 6.45) is 4.26. The number of rotatable bonds is 3. The first-order chi connectivity index (χ1) is 9.28. The second kappa shape index (κ2) is 5.38. The number of nitro benzene ring substituents is 1. The lowest BCUT2D eigenvalue weighted by atomic mass is 9.75. The summed E-state index contributed by atoms with van der Waals surface area (Å²) in [5.74, 6) is -0.536. The van der Waals surface area contributed by atoms with Crippen molar-refractivity contribution < 1.29 is 9.31 Å². The maximum atomic E-state index is 13.5. The largest absolute Gasteiger partial charge is 0.377 e. The minimum Gasteiger partial charge on any atom is -0.377 e. The van der Waals surface area contributed by atoms with Crippen LogP contribution < -0.4 is 5.32 Å². The van der Waals surface area contributed by atoms with Crippen LogP contribution in [0.4, 0.5) is 15.8 Å². The van der Waals surface area contributed by atoms with Crippen LogP contribution in [-0.4, -0.2) is 11.0 Å². The molecule has 1 aliphatic carbocycles. The molecule has 0 radical (unpaired) electrons. The van der Waals surface area contributed by atoms with Crippen molar-refractivity contribution in [2.75, 3.05) is 5.32 Å². The van der Waals surface area contributed by atoms with Gasteiger partial charge in [0.1, 0.15) is 11.5 Å². The predicted molar refractivity (Wildman–Crippen MR) is 77.5 cm³/mol. The Kier molecular flexibility index (Phi) is 3.97. The number of halogens is 1. The maximum absolute atomic E-state index is 13.5. The summed E-state index contributed by atoms with van der Waals surface area (Å²) >= 11 is 0. The Morgan fingerprint density at radius 1 is 1.45 bits per heavy atom. The van der Waals surface area contributed by atoms with Crippen LogP contribution >= 0.6 is 0 Å². The van der Waals surface area contributed by atoms with Gasteiger partial charge >= 0.3 is 0 Å². The van der Waals surface area contributed by atoms with Crippen molar-refractivity contribution in [2.24, 2.45) is 5.41 Å². The van der Waals surface area contributed by atoms with E-state index in [1.54, 1.807) is 6.92 Å². The Hall–Kier alpha value is -1.65. The molecular weight excluding hydrogens is 259 g/mol. The van der Waals surface area contributed by atoms with Crippen molar-refractivity contribution in [3.8, 4) is 0 Å². The Morgan fingerprint density at radius 2 is 2.15 bits per heavy atom. The molecule has 1 unspecified atom stereocenters. The average molecular weight is 280 g/mol. The van der Waals surface area contributed by atoms with Crippen LogP contribution in [0.3, 0.4) is 0 Å². The van der Waals surface area contributed by atoms with E-state index in [1.165, 1.54) is 12.5 Å². The molecule has 0 aliphatic heterocycles. The van der Waals surface area contributed by atoms with Crippen LogP contribution in [0.25, 0.3) is 0 Å². The SMILES string of the molecule is Cc1cc(NC2CCCC(C)(C)C2)c([N+](=O)[O-])cc1F. The van der Waals surface area contributed by atoms with Gasteiger partial charge in [0.2, 0.25) is 0 Å². The van der Waals surface area contributed by atoms with E-state index >= 15 is 0 Å². The van der Waals surface area contributed by atoms with Crippen molar-refractivity contribution in [1.29, 1.82) is 0 Å². The Bertz CT molecular complexity index is 529. The fourth-order valence-corrected chi connectivity index (χ4v) is 2.98. The van der Waals surface area contributed by atoms with Gasteiger partial charge in [-0.05, 0) is 43.2 Å². The Labute approximate surface area is 118 Å². The Morgan fingerprint density at radius 3 is 2.75 bits per heavy atom. The molecule has 0 amide bonds. The fourth-order valence-electron chi connectivity index (χ4n) is 2.98. The first kappa shape index (κ1) is 14.8. The lowest BCUT2D eigenvalue weighted by Crippen LogP contribution is -2.32. The molecule has 0 saturated heterocycles. The number of hydrogen-bond donors (Lipinski definition) is 1. The first-order valence-corrected chi connectivity index (χ1v) is 6.99. The predicted octanol–water partition coefficient (Wildman–Crippen LogP) is 4.42. The van der Waals surface area contributed by atoms with E-state index in [4.69, 9.17) is 0 Å². The molecule has 4 nitrogen and oxygen atoms in total. The third-order valence-corrected chi connectivity index (χ3v) is 4.04. The van der Waals surface area contributed by atoms with Gasteiger partial charge in [-0.3, -0.25) is 10.1 Å². The van der Waals surface area contributed by atoms with Crippen LogP contribution in [-0.2, 0) is 0 Å². The van der Waals surface area contributed by atoms with Crippen molar-refractivity contribution in [3.05, 3.63) is 33.6 Å². The van der Waals surface area contributed by atoms with E-state index in [0.717, 1.165) is 25.3 Å². The standard InChI is InChI=1S/C15H21FN2O2/c1-10-7-13(14(18(19)20)8-12(10)16)17-11-5-4-6-15(2,3)9-11/h7-8,11,17H,4-6,9H2,1-3H3. The van der Waals surface area contributed by atoms with Crippen LogP contribution in [0.1, 0.15) is 45.1 Å². The molecule has 0 bridgehead atoms. The van der Waals surface area contributed by atoms with Crippen molar-refractivity contribution >= 4 is 11.4 Å². The van der Waals surface area contributed by atoms with Crippen molar-refractivity contribution in [1.82, 2.24) is 0 Å². The highest BCUT2D eigenvalue weighted by atomic mass is 19.1. The number of nitrogens with one attached hydrogen (secondary N) is 1.